The fraction of sp³-hybridized carbons (Fsp3) is 0.174. The molecule has 5 nitrogen and oxygen atoms in total. The van der Waals surface area contributed by atoms with Crippen molar-refractivity contribution in [2.75, 3.05) is 0 Å². The monoisotopic (exact) mass is 365 g/mol. The lowest BCUT2D eigenvalue weighted by atomic mass is 9.85. The Bertz CT molecular complexity index is 1310. The third-order valence-electron chi connectivity index (χ3n) is 5.85. The first-order chi connectivity index (χ1) is 13.9. The summed E-state index contributed by atoms with van der Waals surface area (Å²) in [5.41, 5.74) is 9.21. The highest BCUT2D eigenvalue weighted by Crippen LogP contribution is 2.39. The Morgan fingerprint density at radius 2 is 1.61 bits per heavy atom. The molecule has 1 aliphatic rings. The van der Waals surface area contributed by atoms with Crippen molar-refractivity contribution in [3.63, 3.8) is 0 Å². The lowest BCUT2D eigenvalue weighted by molar-refractivity contribution is 0.689. The van der Waals surface area contributed by atoms with Gasteiger partial charge < -0.3 is 0 Å². The molecule has 1 aliphatic carbocycles. The van der Waals surface area contributed by atoms with Gasteiger partial charge in [0.1, 0.15) is 0 Å². The first-order valence-electron chi connectivity index (χ1n) is 9.77. The molecule has 0 atom stereocenters. The summed E-state index contributed by atoms with van der Waals surface area (Å²) in [6, 6.07) is 14.5. The smallest absolute Gasteiger partial charge is 0.0782 e. The molecule has 3 heterocycles. The SMILES string of the molecule is c1ccc(-c2[nH]ncc2-c2nc3ccc4[nH]ncc4c3c3c2CCCC3)cc1. The average Bonchev–Trinajstić information content (AvgIpc) is 3.43. The van der Waals surface area contributed by atoms with Gasteiger partial charge in [0.25, 0.3) is 0 Å². The van der Waals surface area contributed by atoms with E-state index in [1.54, 1.807) is 0 Å². The maximum atomic E-state index is 5.15. The zero-order valence-corrected chi connectivity index (χ0v) is 15.4. The molecule has 2 N–H and O–H groups in total. The third-order valence-corrected chi connectivity index (χ3v) is 5.85. The topological polar surface area (TPSA) is 70.2 Å². The molecule has 28 heavy (non-hydrogen) atoms. The second-order valence-electron chi connectivity index (χ2n) is 7.44. The van der Waals surface area contributed by atoms with Crippen molar-refractivity contribution in [3.05, 3.63) is 66.0 Å². The molecule has 0 saturated heterocycles. The van der Waals surface area contributed by atoms with E-state index in [1.807, 2.05) is 18.5 Å². The Labute approximate surface area is 161 Å². The van der Waals surface area contributed by atoms with Crippen molar-refractivity contribution in [3.8, 4) is 22.5 Å². The maximum Gasteiger partial charge on any atom is 0.0782 e. The Kier molecular flexibility index (Phi) is 3.35. The normalized spacial score (nSPS) is 13.9. The number of H-pyrrole nitrogens is 2. The van der Waals surface area contributed by atoms with Gasteiger partial charge in [-0.25, -0.2) is 4.98 Å². The summed E-state index contributed by atoms with van der Waals surface area (Å²) in [6.07, 6.45) is 8.41. The van der Waals surface area contributed by atoms with E-state index in [4.69, 9.17) is 4.98 Å². The van der Waals surface area contributed by atoms with Gasteiger partial charge in [0, 0.05) is 21.9 Å². The van der Waals surface area contributed by atoms with E-state index >= 15 is 0 Å². The molecule has 2 aromatic carbocycles. The average molecular weight is 365 g/mol. The van der Waals surface area contributed by atoms with Crippen LogP contribution in [0.2, 0.25) is 0 Å². The molecule has 0 amide bonds. The van der Waals surface area contributed by atoms with E-state index in [0.717, 1.165) is 46.4 Å². The predicted octanol–water partition coefficient (Wildman–Crippen LogP) is 5.05. The number of aromatic nitrogens is 5. The number of nitrogens with zero attached hydrogens (tertiary/aromatic N) is 3. The van der Waals surface area contributed by atoms with Gasteiger partial charge >= 0.3 is 0 Å². The van der Waals surface area contributed by atoms with Gasteiger partial charge in [0.05, 0.1) is 34.8 Å². The molecule has 6 rings (SSSR count). The molecule has 0 saturated carbocycles. The second kappa shape index (κ2) is 6.02. The molecule has 0 radical (unpaired) electrons. The molecule has 136 valence electrons. The van der Waals surface area contributed by atoms with Gasteiger partial charge in [-0.05, 0) is 48.9 Å². The number of rotatable bonds is 2. The number of aryl methyl sites for hydroxylation is 1. The van der Waals surface area contributed by atoms with E-state index in [1.165, 1.54) is 34.7 Å². The molecule has 0 unspecified atom stereocenters. The van der Waals surface area contributed by atoms with Gasteiger partial charge in [0.2, 0.25) is 0 Å². The summed E-state index contributed by atoms with van der Waals surface area (Å²) in [4.78, 5) is 5.15. The predicted molar refractivity (Wildman–Crippen MR) is 111 cm³/mol. The molecule has 0 aliphatic heterocycles. The Hall–Kier alpha value is -3.47. The lowest BCUT2D eigenvalue weighted by Crippen LogP contribution is -2.08. The van der Waals surface area contributed by atoms with Crippen LogP contribution in [0.15, 0.2) is 54.9 Å². The highest BCUT2D eigenvalue weighted by Gasteiger charge is 2.23. The van der Waals surface area contributed by atoms with E-state index < -0.39 is 0 Å². The van der Waals surface area contributed by atoms with Gasteiger partial charge in [-0.1, -0.05) is 30.3 Å². The Morgan fingerprint density at radius 1 is 0.786 bits per heavy atom. The van der Waals surface area contributed by atoms with Crippen molar-refractivity contribution in [2.24, 2.45) is 0 Å². The second-order valence-corrected chi connectivity index (χ2v) is 7.44. The van der Waals surface area contributed by atoms with E-state index in [-0.39, 0.29) is 0 Å². The molecular formula is C23H19N5. The molecule has 0 spiro atoms. The molecule has 5 aromatic rings. The van der Waals surface area contributed by atoms with E-state index in [0.29, 0.717) is 0 Å². The van der Waals surface area contributed by atoms with Crippen LogP contribution in [-0.2, 0) is 12.8 Å². The third kappa shape index (κ3) is 2.22. The van der Waals surface area contributed by atoms with Crippen LogP contribution in [0.3, 0.4) is 0 Å². The van der Waals surface area contributed by atoms with Crippen molar-refractivity contribution in [2.45, 2.75) is 25.7 Å². The first kappa shape index (κ1) is 15.6. The van der Waals surface area contributed by atoms with Crippen LogP contribution in [0.25, 0.3) is 44.3 Å². The fourth-order valence-corrected chi connectivity index (χ4v) is 4.56. The van der Waals surface area contributed by atoms with E-state index in [2.05, 4.69) is 56.8 Å². The molecule has 3 aromatic heterocycles. The zero-order chi connectivity index (χ0) is 18.5. The largest absolute Gasteiger partial charge is 0.278 e. The van der Waals surface area contributed by atoms with Crippen LogP contribution in [0, 0.1) is 0 Å². The quantitative estimate of drug-likeness (QED) is 0.460. The summed E-state index contributed by atoms with van der Waals surface area (Å²) in [5.74, 6) is 0. The van der Waals surface area contributed by atoms with Gasteiger partial charge in [-0.3, -0.25) is 10.2 Å². The minimum atomic E-state index is 1.03. The minimum absolute atomic E-state index is 1.03. The number of benzene rings is 2. The number of hydrogen-bond donors (Lipinski definition) is 2. The van der Waals surface area contributed by atoms with Crippen LogP contribution in [0.4, 0.5) is 0 Å². The maximum absolute atomic E-state index is 5.15. The first-order valence-corrected chi connectivity index (χ1v) is 9.77. The standard InChI is InChI=1S/C23H19N5/c1-2-6-14(7-3-1)22-18(13-25-28-22)23-16-9-5-4-8-15(16)21-17-12-24-27-19(17)10-11-20(21)26-23/h1-3,6-7,10-13H,4-5,8-9H2,(H,24,27)(H,25,28). The number of hydrogen-bond acceptors (Lipinski definition) is 3. The lowest BCUT2D eigenvalue weighted by Gasteiger charge is -2.21. The minimum Gasteiger partial charge on any atom is -0.278 e. The summed E-state index contributed by atoms with van der Waals surface area (Å²) in [5, 5.41) is 17.3. The molecule has 0 fully saturated rings. The van der Waals surface area contributed by atoms with Crippen molar-refractivity contribution < 1.29 is 0 Å². The molecule has 5 heteroatoms. The van der Waals surface area contributed by atoms with E-state index in [9.17, 15) is 0 Å². The number of nitrogens with one attached hydrogen (secondary N) is 2. The number of pyridine rings is 1. The van der Waals surface area contributed by atoms with Crippen molar-refractivity contribution in [1.82, 2.24) is 25.4 Å². The Morgan fingerprint density at radius 3 is 2.50 bits per heavy atom. The number of aromatic amines is 2. The van der Waals surface area contributed by atoms with Crippen molar-refractivity contribution >= 4 is 21.8 Å². The van der Waals surface area contributed by atoms with Gasteiger partial charge in [-0.15, -0.1) is 0 Å². The highest BCUT2D eigenvalue weighted by atomic mass is 15.1. The molecule has 0 bridgehead atoms. The summed E-state index contributed by atoms with van der Waals surface area (Å²) >= 11 is 0. The summed E-state index contributed by atoms with van der Waals surface area (Å²) < 4.78 is 0. The van der Waals surface area contributed by atoms with Crippen molar-refractivity contribution in [1.29, 1.82) is 0 Å². The highest BCUT2D eigenvalue weighted by molar-refractivity contribution is 6.08. The number of fused-ring (bicyclic) bond motifs is 5. The van der Waals surface area contributed by atoms with Crippen LogP contribution < -0.4 is 0 Å². The molecular weight excluding hydrogens is 346 g/mol. The van der Waals surface area contributed by atoms with Crippen LogP contribution in [-0.4, -0.2) is 25.4 Å². The summed E-state index contributed by atoms with van der Waals surface area (Å²) in [6.45, 7) is 0. The van der Waals surface area contributed by atoms with Crippen LogP contribution in [0.1, 0.15) is 24.0 Å². The Balaban J connectivity index is 1.68. The van der Waals surface area contributed by atoms with Gasteiger partial charge in [0.15, 0.2) is 0 Å². The zero-order valence-electron chi connectivity index (χ0n) is 15.4. The summed E-state index contributed by atoms with van der Waals surface area (Å²) in [7, 11) is 0. The van der Waals surface area contributed by atoms with Crippen LogP contribution in [0.5, 0.6) is 0 Å². The fourth-order valence-electron chi connectivity index (χ4n) is 4.56. The van der Waals surface area contributed by atoms with Crippen LogP contribution >= 0.6 is 0 Å². The van der Waals surface area contributed by atoms with Gasteiger partial charge in [-0.2, -0.15) is 10.2 Å².